The molecule has 0 N–H and O–H groups in total. The molecule has 0 aliphatic carbocycles. The van der Waals surface area contributed by atoms with Crippen molar-refractivity contribution in [3.63, 3.8) is 0 Å². The van der Waals surface area contributed by atoms with E-state index in [2.05, 4.69) is 22.6 Å². The molecule has 1 aromatic carbocycles. The second-order valence-corrected chi connectivity index (χ2v) is 10.3. The number of hydrogen-bond donors (Lipinski definition) is 0. The summed E-state index contributed by atoms with van der Waals surface area (Å²) in [5, 5.41) is 9.86. The highest BCUT2D eigenvalue weighted by molar-refractivity contribution is 5.96. The second-order valence-electron chi connectivity index (χ2n) is 10.3. The lowest BCUT2D eigenvalue weighted by atomic mass is 10.0. The van der Waals surface area contributed by atoms with Gasteiger partial charge in [0, 0.05) is 36.9 Å². The van der Waals surface area contributed by atoms with Gasteiger partial charge in [-0.2, -0.15) is 5.26 Å². The molecular weight excluding hydrogens is 536 g/mol. The summed E-state index contributed by atoms with van der Waals surface area (Å²) in [7, 11) is 1.52. The Morgan fingerprint density at radius 1 is 1.14 bits per heavy atom. The van der Waals surface area contributed by atoms with Crippen LogP contribution < -0.4 is 9.47 Å². The Hall–Kier alpha value is -4.88. The first kappa shape index (κ1) is 27.3. The summed E-state index contributed by atoms with van der Waals surface area (Å²) in [4.78, 5) is 24.0. The van der Waals surface area contributed by atoms with Crippen LogP contribution in [0.25, 0.3) is 33.7 Å². The van der Waals surface area contributed by atoms with Gasteiger partial charge >= 0.3 is 0 Å². The lowest BCUT2D eigenvalue weighted by Gasteiger charge is -2.34. The third-order valence-corrected chi connectivity index (χ3v) is 7.51. The van der Waals surface area contributed by atoms with Gasteiger partial charge in [-0.3, -0.25) is 9.78 Å². The number of morpholine rings is 1. The highest BCUT2D eigenvalue weighted by atomic mass is 16.5. The number of pyridine rings is 2. The summed E-state index contributed by atoms with van der Waals surface area (Å²) < 4.78 is 28.9. The number of fused-ring (bicyclic) bond motifs is 1. The molecule has 6 rings (SSSR count). The van der Waals surface area contributed by atoms with Gasteiger partial charge in [-0.05, 0) is 36.8 Å². The Bertz CT molecular complexity index is 1700. The van der Waals surface area contributed by atoms with E-state index in [1.54, 1.807) is 29.3 Å². The van der Waals surface area contributed by atoms with Crippen molar-refractivity contribution in [1.82, 2.24) is 14.9 Å². The zero-order valence-electron chi connectivity index (χ0n) is 23.5. The molecule has 42 heavy (non-hydrogen) atoms. The van der Waals surface area contributed by atoms with E-state index >= 15 is 0 Å². The highest BCUT2D eigenvalue weighted by Crippen LogP contribution is 2.38. The number of amides is 1. The molecule has 2 saturated heterocycles. The van der Waals surface area contributed by atoms with E-state index in [4.69, 9.17) is 23.4 Å². The van der Waals surface area contributed by atoms with Crippen molar-refractivity contribution >= 4 is 17.0 Å². The summed E-state index contributed by atoms with van der Waals surface area (Å²) in [5.41, 5.74) is 3.99. The summed E-state index contributed by atoms with van der Waals surface area (Å²) in [6, 6.07) is 13.0. The quantitative estimate of drug-likeness (QED) is 0.303. The van der Waals surface area contributed by atoms with Gasteiger partial charge in [-0.25, -0.2) is 4.98 Å². The fourth-order valence-electron chi connectivity index (χ4n) is 5.20. The number of carbonyl (C=O) groups excluding carboxylic acids is 1. The molecule has 214 valence electrons. The lowest BCUT2D eigenvalue weighted by Crippen LogP contribution is -2.46. The number of nitrogens with zero attached hydrogens (tertiary/aromatic N) is 4. The molecule has 0 bridgehead atoms. The number of ether oxygens (including phenoxy) is 4. The van der Waals surface area contributed by atoms with Crippen LogP contribution in [0.15, 0.2) is 65.5 Å². The molecule has 3 aromatic heterocycles. The van der Waals surface area contributed by atoms with Gasteiger partial charge in [0.1, 0.15) is 47.2 Å². The standard InChI is InChI=1S/C32H30N4O6/c1-19-18-40-20(2)17-36(19)32(37)23-13-28(38-3)30(35-16-23)29-14-26-31(42-29)25(6-9-34-26)21-4-5-27(22(12-21)15-33)41-24-7-10-39-11-8-24/h4-6,9,12-14,16,19,24H,2,7-8,10-11,17-18H2,1,3H3. The normalized spacial score (nSPS) is 17.5. The molecule has 1 unspecified atom stereocenters. The molecule has 1 amide bonds. The molecule has 4 aromatic rings. The maximum atomic E-state index is 13.3. The van der Waals surface area contributed by atoms with E-state index < -0.39 is 0 Å². The SMILES string of the molecule is C=C1CN(C(=O)c2cnc(-c3cc4nccc(-c5ccc(OC6CCOCC6)c(C#N)c5)c4o3)c(OC)c2)C(C)CO1. The molecule has 0 saturated carbocycles. The molecule has 1 atom stereocenters. The zero-order chi connectivity index (χ0) is 29.2. The van der Waals surface area contributed by atoms with Gasteiger partial charge in [0.2, 0.25) is 0 Å². The fourth-order valence-corrected chi connectivity index (χ4v) is 5.20. The van der Waals surface area contributed by atoms with Crippen LogP contribution in [-0.2, 0) is 9.47 Å². The first-order valence-corrected chi connectivity index (χ1v) is 13.8. The number of carbonyl (C=O) groups is 1. The van der Waals surface area contributed by atoms with Crippen molar-refractivity contribution in [2.24, 2.45) is 0 Å². The zero-order valence-corrected chi connectivity index (χ0v) is 23.5. The Balaban J connectivity index is 1.31. The monoisotopic (exact) mass is 566 g/mol. The van der Waals surface area contributed by atoms with Gasteiger partial charge in [0.15, 0.2) is 11.3 Å². The average Bonchev–Trinajstić information content (AvgIpc) is 3.47. The van der Waals surface area contributed by atoms with Crippen LogP contribution in [0.1, 0.15) is 35.7 Å². The van der Waals surface area contributed by atoms with Crippen molar-refractivity contribution in [2.75, 3.05) is 33.5 Å². The number of methoxy groups -OCH3 is 1. The number of rotatable bonds is 6. The molecule has 2 fully saturated rings. The minimum absolute atomic E-state index is 0.0258. The average molecular weight is 567 g/mol. The second kappa shape index (κ2) is 11.5. The molecule has 10 nitrogen and oxygen atoms in total. The van der Waals surface area contributed by atoms with Crippen molar-refractivity contribution in [2.45, 2.75) is 31.9 Å². The van der Waals surface area contributed by atoms with Gasteiger partial charge in [0.25, 0.3) is 5.91 Å². The van der Waals surface area contributed by atoms with Gasteiger partial charge < -0.3 is 28.3 Å². The molecular formula is C32H30N4O6. The van der Waals surface area contributed by atoms with Gasteiger partial charge in [-0.15, -0.1) is 0 Å². The number of nitriles is 1. The third-order valence-electron chi connectivity index (χ3n) is 7.51. The number of aromatic nitrogens is 2. The van der Waals surface area contributed by atoms with Crippen LogP contribution in [0.4, 0.5) is 0 Å². The topological polar surface area (TPSA) is 120 Å². The van der Waals surface area contributed by atoms with E-state index in [-0.39, 0.29) is 18.1 Å². The number of furan rings is 1. The first-order valence-electron chi connectivity index (χ1n) is 13.8. The minimum atomic E-state index is -0.185. The molecule has 5 heterocycles. The molecule has 10 heteroatoms. The van der Waals surface area contributed by atoms with E-state index in [9.17, 15) is 10.1 Å². The van der Waals surface area contributed by atoms with E-state index in [0.29, 0.717) is 77.3 Å². The van der Waals surface area contributed by atoms with E-state index in [0.717, 1.165) is 24.0 Å². The Labute approximate surface area is 243 Å². The highest BCUT2D eigenvalue weighted by Gasteiger charge is 2.28. The van der Waals surface area contributed by atoms with Crippen LogP contribution in [0.5, 0.6) is 11.5 Å². The van der Waals surface area contributed by atoms with E-state index in [1.165, 1.54) is 13.3 Å². The molecule has 0 spiro atoms. The van der Waals surface area contributed by atoms with Crippen LogP contribution >= 0.6 is 0 Å². The number of hydrogen-bond acceptors (Lipinski definition) is 9. The maximum Gasteiger partial charge on any atom is 0.256 e. The van der Waals surface area contributed by atoms with E-state index in [1.807, 2.05) is 25.1 Å². The van der Waals surface area contributed by atoms with Gasteiger partial charge in [0.05, 0.1) is 44.0 Å². The summed E-state index contributed by atoms with van der Waals surface area (Å²) in [5.74, 6) is 1.75. The largest absolute Gasteiger partial charge is 0.495 e. The summed E-state index contributed by atoms with van der Waals surface area (Å²) in [6.45, 7) is 7.79. The molecule has 2 aliphatic rings. The third kappa shape index (κ3) is 5.27. The van der Waals surface area contributed by atoms with Crippen LogP contribution in [0.3, 0.4) is 0 Å². The Morgan fingerprint density at radius 2 is 1.98 bits per heavy atom. The summed E-state index contributed by atoms with van der Waals surface area (Å²) >= 11 is 0. The fraction of sp³-hybridized carbons (Fsp3) is 0.312. The Kier molecular flexibility index (Phi) is 7.50. The lowest BCUT2D eigenvalue weighted by molar-refractivity contribution is 0.0254. The molecule has 0 radical (unpaired) electrons. The first-order chi connectivity index (χ1) is 20.4. The van der Waals surface area contributed by atoms with Crippen molar-refractivity contribution in [3.8, 4) is 40.1 Å². The van der Waals surface area contributed by atoms with Gasteiger partial charge in [-0.1, -0.05) is 12.6 Å². The van der Waals surface area contributed by atoms with Crippen molar-refractivity contribution in [3.05, 3.63) is 72.3 Å². The van der Waals surface area contributed by atoms with Crippen molar-refractivity contribution in [1.29, 1.82) is 5.26 Å². The molecule has 2 aliphatic heterocycles. The van der Waals surface area contributed by atoms with Crippen LogP contribution in [0.2, 0.25) is 0 Å². The van der Waals surface area contributed by atoms with Crippen LogP contribution in [0, 0.1) is 11.3 Å². The smallest absolute Gasteiger partial charge is 0.256 e. The maximum absolute atomic E-state index is 13.3. The van der Waals surface area contributed by atoms with Crippen molar-refractivity contribution < 1.29 is 28.2 Å². The predicted molar refractivity (Wildman–Crippen MR) is 154 cm³/mol. The summed E-state index contributed by atoms with van der Waals surface area (Å²) in [6.07, 6.45) is 4.82. The predicted octanol–water partition coefficient (Wildman–Crippen LogP) is 5.37. The Morgan fingerprint density at radius 3 is 2.76 bits per heavy atom. The number of benzene rings is 1. The van der Waals surface area contributed by atoms with Crippen LogP contribution in [-0.4, -0.2) is 66.4 Å². The minimum Gasteiger partial charge on any atom is -0.495 e.